The normalized spacial score (nSPS) is 25.4. The highest BCUT2D eigenvalue weighted by molar-refractivity contribution is 5.85. The molecular formula is C24H31N3O2. The number of hydrogen-bond donors (Lipinski definition) is 1. The van der Waals surface area contributed by atoms with E-state index < -0.39 is 0 Å². The van der Waals surface area contributed by atoms with Gasteiger partial charge in [0.15, 0.2) is 0 Å². The molecule has 4 heterocycles. The van der Waals surface area contributed by atoms with Gasteiger partial charge in [-0.25, -0.2) is 0 Å². The summed E-state index contributed by atoms with van der Waals surface area (Å²) in [4.78, 5) is 20.8. The molecule has 154 valence electrons. The average Bonchev–Trinajstić information content (AvgIpc) is 3.55. The second kappa shape index (κ2) is 6.85. The smallest absolute Gasteiger partial charge is 0.225 e. The Morgan fingerprint density at radius 1 is 1.03 bits per heavy atom. The summed E-state index contributed by atoms with van der Waals surface area (Å²) in [6.45, 7) is 4.91. The van der Waals surface area contributed by atoms with Gasteiger partial charge in [0.1, 0.15) is 5.60 Å². The van der Waals surface area contributed by atoms with Crippen LogP contribution in [0.15, 0.2) is 24.3 Å². The summed E-state index contributed by atoms with van der Waals surface area (Å²) in [5, 5.41) is 1.38. The highest BCUT2D eigenvalue weighted by Gasteiger charge is 2.44. The Kier molecular flexibility index (Phi) is 4.24. The number of nitrogens with zero attached hydrogens (tertiary/aromatic N) is 2. The van der Waals surface area contributed by atoms with Crippen molar-refractivity contribution >= 4 is 16.8 Å². The number of likely N-dealkylation sites (tertiary alicyclic amines) is 2. The van der Waals surface area contributed by atoms with Gasteiger partial charge in [0.05, 0.1) is 12.3 Å². The van der Waals surface area contributed by atoms with Crippen LogP contribution in [0, 0.1) is 5.92 Å². The number of para-hydroxylation sites is 1. The summed E-state index contributed by atoms with van der Waals surface area (Å²) in [5.41, 5.74) is 3.94. The number of hydrogen-bond acceptors (Lipinski definition) is 3. The molecule has 3 fully saturated rings. The Morgan fingerprint density at radius 2 is 1.79 bits per heavy atom. The monoisotopic (exact) mass is 393 g/mol. The number of nitrogens with one attached hydrogen (secondary N) is 1. The molecule has 1 saturated carbocycles. The molecule has 0 radical (unpaired) electrons. The molecule has 2 saturated heterocycles. The van der Waals surface area contributed by atoms with Crippen molar-refractivity contribution < 1.29 is 9.53 Å². The molecule has 3 aliphatic heterocycles. The third-order valence-electron chi connectivity index (χ3n) is 7.82. The van der Waals surface area contributed by atoms with Crippen molar-refractivity contribution in [2.24, 2.45) is 5.92 Å². The Hall–Kier alpha value is -1.85. The van der Waals surface area contributed by atoms with Crippen molar-refractivity contribution in [2.45, 2.75) is 56.6 Å². The molecule has 29 heavy (non-hydrogen) atoms. The summed E-state index contributed by atoms with van der Waals surface area (Å²) < 4.78 is 6.47. The predicted octanol–water partition coefficient (Wildman–Crippen LogP) is 3.43. The minimum atomic E-state index is -0.133. The molecular weight excluding hydrogens is 362 g/mol. The van der Waals surface area contributed by atoms with E-state index in [2.05, 4.69) is 39.0 Å². The molecule has 1 aromatic heterocycles. The van der Waals surface area contributed by atoms with Crippen molar-refractivity contribution in [3.63, 3.8) is 0 Å². The lowest BCUT2D eigenvalue weighted by molar-refractivity contribution is -0.135. The fourth-order valence-corrected chi connectivity index (χ4v) is 5.95. The summed E-state index contributed by atoms with van der Waals surface area (Å²) in [6, 6.07) is 9.31. The maximum atomic E-state index is 12.3. The van der Waals surface area contributed by atoms with Crippen LogP contribution in [0.25, 0.3) is 10.9 Å². The largest absolute Gasteiger partial charge is 0.368 e. The molecule has 1 spiro atoms. The van der Waals surface area contributed by atoms with E-state index in [9.17, 15) is 4.79 Å². The maximum Gasteiger partial charge on any atom is 0.225 e. The summed E-state index contributed by atoms with van der Waals surface area (Å²) >= 11 is 0. The first-order valence-corrected chi connectivity index (χ1v) is 11.5. The number of carbonyl (C=O) groups excluding carboxylic acids is 1. The van der Waals surface area contributed by atoms with Crippen LogP contribution in [0.3, 0.4) is 0 Å². The molecule has 1 aliphatic carbocycles. The molecule has 4 aliphatic rings. The number of carbonyl (C=O) groups is 1. The lowest BCUT2D eigenvalue weighted by Gasteiger charge is -2.47. The van der Waals surface area contributed by atoms with Crippen molar-refractivity contribution in [3.8, 4) is 0 Å². The van der Waals surface area contributed by atoms with Crippen LogP contribution in [0.2, 0.25) is 0 Å². The van der Waals surface area contributed by atoms with Crippen molar-refractivity contribution in [2.75, 3.05) is 32.8 Å². The van der Waals surface area contributed by atoms with E-state index in [-0.39, 0.29) is 5.60 Å². The number of fused-ring (bicyclic) bond motifs is 4. The standard InChI is InChI=1S/C24H31N3O2/c28-23(17-5-6-17)27-12-7-18(8-13-27)26-14-10-24(11-15-26)22-20(9-16-29-24)19-3-1-2-4-21(19)25-22/h1-4,17-18,25H,5-16H2. The number of rotatable bonds is 2. The molecule has 1 amide bonds. The quantitative estimate of drug-likeness (QED) is 0.850. The van der Waals surface area contributed by atoms with Crippen LogP contribution in [-0.4, -0.2) is 59.5 Å². The van der Waals surface area contributed by atoms with Crippen LogP contribution in [0.4, 0.5) is 0 Å². The van der Waals surface area contributed by atoms with Gasteiger partial charge in [-0.05, 0) is 56.6 Å². The van der Waals surface area contributed by atoms with Gasteiger partial charge in [0.2, 0.25) is 5.91 Å². The lowest BCUT2D eigenvalue weighted by atomic mass is 9.82. The van der Waals surface area contributed by atoms with Crippen molar-refractivity contribution in [3.05, 3.63) is 35.5 Å². The first-order valence-electron chi connectivity index (χ1n) is 11.5. The fourth-order valence-electron chi connectivity index (χ4n) is 5.95. The van der Waals surface area contributed by atoms with Crippen molar-refractivity contribution in [1.82, 2.24) is 14.8 Å². The number of ether oxygens (including phenoxy) is 1. The average molecular weight is 394 g/mol. The summed E-state index contributed by atoms with van der Waals surface area (Å²) in [5.74, 6) is 0.776. The zero-order chi connectivity index (χ0) is 19.4. The van der Waals surface area contributed by atoms with Gasteiger partial charge >= 0.3 is 0 Å². The molecule has 1 aromatic carbocycles. The zero-order valence-electron chi connectivity index (χ0n) is 17.2. The number of benzene rings is 1. The third-order valence-corrected chi connectivity index (χ3v) is 7.82. The fraction of sp³-hybridized carbons (Fsp3) is 0.625. The summed E-state index contributed by atoms with van der Waals surface area (Å²) in [6.07, 6.45) is 7.62. The number of H-pyrrole nitrogens is 1. The minimum Gasteiger partial charge on any atom is -0.368 e. The molecule has 0 unspecified atom stereocenters. The van der Waals surface area contributed by atoms with Gasteiger partial charge in [-0.2, -0.15) is 0 Å². The van der Waals surface area contributed by atoms with Crippen LogP contribution < -0.4 is 0 Å². The Bertz CT molecular complexity index is 915. The molecule has 0 bridgehead atoms. The van der Waals surface area contributed by atoms with Gasteiger partial charge in [-0.3, -0.25) is 4.79 Å². The molecule has 5 heteroatoms. The predicted molar refractivity (Wildman–Crippen MR) is 113 cm³/mol. The maximum absolute atomic E-state index is 12.3. The first-order chi connectivity index (χ1) is 14.2. The van der Waals surface area contributed by atoms with Crippen molar-refractivity contribution in [1.29, 1.82) is 0 Å². The molecule has 1 N–H and O–H groups in total. The van der Waals surface area contributed by atoms with Gasteiger partial charge in [0, 0.05) is 49.0 Å². The van der Waals surface area contributed by atoms with E-state index in [0.717, 1.165) is 77.7 Å². The molecule has 2 aromatic rings. The molecule has 6 rings (SSSR count). The highest BCUT2D eigenvalue weighted by atomic mass is 16.5. The zero-order valence-corrected chi connectivity index (χ0v) is 17.2. The number of amides is 1. The van der Waals surface area contributed by atoms with Gasteiger partial charge in [-0.1, -0.05) is 18.2 Å². The van der Waals surface area contributed by atoms with E-state index in [1.165, 1.54) is 22.2 Å². The van der Waals surface area contributed by atoms with E-state index in [1.54, 1.807) is 0 Å². The Balaban J connectivity index is 1.14. The van der Waals surface area contributed by atoms with Crippen LogP contribution in [0.5, 0.6) is 0 Å². The van der Waals surface area contributed by atoms with Gasteiger partial charge < -0.3 is 19.5 Å². The SMILES string of the molecule is O=C(C1CC1)N1CCC(N2CCC3(CC2)OCCc2c3[nH]c3ccccc23)CC1. The number of piperidine rings is 2. The number of aromatic amines is 1. The van der Waals surface area contributed by atoms with E-state index in [4.69, 9.17) is 4.74 Å². The molecule has 0 atom stereocenters. The first kappa shape index (κ1) is 18.0. The lowest BCUT2D eigenvalue weighted by Crippen LogP contribution is -2.53. The second-order valence-corrected chi connectivity index (χ2v) is 9.48. The Morgan fingerprint density at radius 3 is 2.55 bits per heavy atom. The van der Waals surface area contributed by atoms with E-state index in [1.807, 2.05) is 0 Å². The van der Waals surface area contributed by atoms with Crippen LogP contribution >= 0.6 is 0 Å². The summed E-state index contributed by atoms with van der Waals surface area (Å²) in [7, 11) is 0. The van der Waals surface area contributed by atoms with E-state index in [0.29, 0.717) is 17.9 Å². The third kappa shape index (κ3) is 3.01. The van der Waals surface area contributed by atoms with E-state index >= 15 is 0 Å². The minimum absolute atomic E-state index is 0.133. The highest BCUT2D eigenvalue weighted by Crippen LogP contribution is 2.44. The topological polar surface area (TPSA) is 48.6 Å². The number of aromatic nitrogens is 1. The van der Waals surface area contributed by atoms with Crippen LogP contribution in [0.1, 0.15) is 49.8 Å². The van der Waals surface area contributed by atoms with Gasteiger partial charge in [-0.15, -0.1) is 0 Å². The Labute approximate surface area is 172 Å². The molecule has 5 nitrogen and oxygen atoms in total. The van der Waals surface area contributed by atoms with Crippen LogP contribution in [-0.2, 0) is 21.6 Å². The second-order valence-electron chi connectivity index (χ2n) is 9.48. The van der Waals surface area contributed by atoms with Gasteiger partial charge in [0.25, 0.3) is 0 Å².